The standard InChI is InChI=1S/C14H32O2Si/c1-7-9-13(3)11-15-17(5,6)16-12-14(4)10-8-2/h13-14H,7-12H2,1-6H3. The highest BCUT2D eigenvalue weighted by atomic mass is 28.4. The quantitative estimate of drug-likeness (QED) is 0.535. The van der Waals surface area contributed by atoms with Crippen molar-refractivity contribution < 1.29 is 8.85 Å². The van der Waals surface area contributed by atoms with Crippen molar-refractivity contribution in [2.45, 2.75) is 66.5 Å². The van der Waals surface area contributed by atoms with Gasteiger partial charge in [0.05, 0.1) is 0 Å². The predicted molar refractivity (Wildman–Crippen MR) is 77.5 cm³/mol. The molecule has 2 unspecified atom stereocenters. The molecule has 0 saturated heterocycles. The van der Waals surface area contributed by atoms with Crippen molar-refractivity contribution in [3.63, 3.8) is 0 Å². The van der Waals surface area contributed by atoms with Gasteiger partial charge in [-0.15, -0.1) is 0 Å². The minimum Gasteiger partial charge on any atom is -0.394 e. The largest absolute Gasteiger partial charge is 0.394 e. The highest BCUT2D eigenvalue weighted by Crippen LogP contribution is 2.14. The van der Waals surface area contributed by atoms with E-state index in [1.165, 1.54) is 25.7 Å². The van der Waals surface area contributed by atoms with Gasteiger partial charge in [0.25, 0.3) is 0 Å². The first-order chi connectivity index (χ1) is 7.91. The van der Waals surface area contributed by atoms with E-state index in [4.69, 9.17) is 8.85 Å². The Kier molecular flexibility index (Phi) is 9.19. The van der Waals surface area contributed by atoms with Gasteiger partial charge in [0, 0.05) is 13.2 Å². The molecule has 0 aromatic rings. The molecule has 0 N–H and O–H groups in total. The third kappa shape index (κ3) is 9.80. The van der Waals surface area contributed by atoms with Gasteiger partial charge >= 0.3 is 8.56 Å². The Balaban J connectivity index is 3.78. The molecule has 0 amide bonds. The van der Waals surface area contributed by atoms with Gasteiger partial charge in [-0.25, -0.2) is 0 Å². The molecule has 2 nitrogen and oxygen atoms in total. The predicted octanol–water partition coefficient (Wildman–Crippen LogP) is 4.59. The van der Waals surface area contributed by atoms with E-state index >= 15 is 0 Å². The molecule has 2 atom stereocenters. The Bertz CT molecular complexity index is 165. The van der Waals surface area contributed by atoms with Crippen LogP contribution in [-0.4, -0.2) is 21.8 Å². The van der Waals surface area contributed by atoms with Crippen molar-refractivity contribution in [1.29, 1.82) is 0 Å². The fourth-order valence-corrected chi connectivity index (χ4v) is 3.33. The average molecular weight is 260 g/mol. The summed E-state index contributed by atoms with van der Waals surface area (Å²) in [6.07, 6.45) is 4.97. The topological polar surface area (TPSA) is 18.5 Å². The minimum absolute atomic E-state index is 0.656. The number of rotatable bonds is 10. The zero-order chi connectivity index (χ0) is 13.3. The summed E-state index contributed by atoms with van der Waals surface area (Å²) in [7, 11) is -1.89. The van der Waals surface area contributed by atoms with E-state index in [1.807, 2.05) is 0 Å². The molecule has 0 aliphatic rings. The first kappa shape index (κ1) is 17.1. The molecule has 0 radical (unpaired) electrons. The Hall–Kier alpha value is 0.137. The molecular weight excluding hydrogens is 228 g/mol. The second-order valence-electron chi connectivity index (χ2n) is 5.81. The first-order valence-electron chi connectivity index (χ1n) is 7.19. The van der Waals surface area contributed by atoms with Gasteiger partial charge in [0.2, 0.25) is 0 Å². The smallest absolute Gasteiger partial charge is 0.331 e. The Labute approximate surface area is 109 Å². The summed E-state index contributed by atoms with van der Waals surface area (Å²) < 4.78 is 12.0. The lowest BCUT2D eigenvalue weighted by molar-refractivity contribution is 0.137. The highest BCUT2D eigenvalue weighted by Gasteiger charge is 2.25. The highest BCUT2D eigenvalue weighted by molar-refractivity contribution is 6.64. The molecule has 0 spiro atoms. The van der Waals surface area contributed by atoms with E-state index in [9.17, 15) is 0 Å². The zero-order valence-corrected chi connectivity index (χ0v) is 13.7. The van der Waals surface area contributed by atoms with Crippen LogP contribution < -0.4 is 0 Å². The van der Waals surface area contributed by atoms with Crippen LogP contribution in [0.4, 0.5) is 0 Å². The lowest BCUT2D eigenvalue weighted by Crippen LogP contribution is -2.37. The molecule has 0 aromatic heterocycles. The summed E-state index contributed by atoms with van der Waals surface area (Å²) in [5.41, 5.74) is 0. The van der Waals surface area contributed by atoms with E-state index in [-0.39, 0.29) is 0 Å². The second kappa shape index (κ2) is 9.12. The van der Waals surface area contributed by atoms with Gasteiger partial charge < -0.3 is 8.85 Å². The summed E-state index contributed by atoms with van der Waals surface area (Å²) >= 11 is 0. The molecule has 104 valence electrons. The normalized spacial score (nSPS) is 15.9. The molecule has 17 heavy (non-hydrogen) atoms. The lowest BCUT2D eigenvalue weighted by atomic mass is 10.1. The van der Waals surface area contributed by atoms with Crippen molar-refractivity contribution >= 4 is 8.56 Å². The van der Waals surface area contributed by atoms with Gasteiger partial charge in [0.1, 0.15) is 0 Å². The number of hydrogen-bond acceptors (Lipinski definition) is 2. The van der Waals surface area contributed by atoms with Crippen molar-refractivity contribution in [2.75, 3.05) is 13.2 Å². The van der Waals surface area contributed by atoms with Gasteiger partial charge in [-0.3, -0.25) is 0 Å². The molecule has 0 heterocycles. The molecule has 0 aromatic carbocycles. The van der Waals surface area contributed by atoms with Gasteiger partial charge in [0.15, 0.2) is 0 Å². The van der Waals surface area contributed by atoms with Crippen molar-refractivity contribution in [1.82, 2.24) is 0 Å². The van der Waals surface area contributed by atoms with Crippen LogP contribution in [-0.2, 0) is 8.85 Å². The van der Waals surface area contributed by atoms with Crippen LogP contribution in [0.3, 0.4) is 0 Å². The maximum absolute atomic E-state index is 5.99. The minimum atomic E-state index is -1.89. The molecule has 0 aliphatic carbocycles. The first-order valence-corrected chi connectivity index (χ1v) is 10.0. The summed E-state index contributed by atoms with van der Waals surface area (Å²) in [6.45, 7) is 15.0. The van der Waals surface area contributed by atoms with Gasteiger partial charge in [-0.2, -0.15) is 0 Å². The third-order valence-corrected chi connectivity index (χ3v) is 4.72. The van der Waals surface area contributed by atoms with Crippen molar-refractivity contribution in [3.8, 4) is 0 Å². The van der Waals surface area contributed by atoms with Crippen LogP contribution >= 0.6 is 0 Å². The van der Waals surface area contributed by atoms with E-state index in [0.29, 0.717) is 11.8 Å². The molecule has 0 fully saturated rings. The third-order valence-electron chi connectivity index (χ3n) is 2.99. The van der Waals surface area contributed by atoms with Crippen molar-refractivity contribution in [2.24, 2.45) is 11.8 Å². The lowest BCUT2D eigenvalue weighted by Gasteiger charge is -2.26. The Morgan fingerprint density at radius 2 is 1.18 bits per heavy atom. The van der Waals surface area contributed by atoms with Crippen molar-refractivity contribution in [3.05, 3.63) is 0 Å². The van der Waals surface area contributed by atoms with Crippen LogP contribution in [0, 0.1) is 11.8 Å². The molecule has 0 aliphatic heterocycles. The van der Waals surface area contributed by atoms with Crippen LogP contribution in [0.2, 0.25) is 13.1 Å². The fourth-order valence-electron chi connectivity index (χ4n) is 1.88. The second-order valence-corrected chi connectivity index (χ2v) is 9.19. The van der Waals surface area contributed by atoms with Crippen LogP contribution in [0.25, 0.3) is 0 Å². The van der Waals surface area contributed by atoms with E-state index in [1.54, 1.807) is 0 Å². The fraction of sp³-hybridized carbons (Fsp3) is 1.00. The Morgan fingerprint density at radius 1 is 0.824 bits per heavy atom. The summed E-state index contributed by atoms with van der Waals surface area (Å²) in [5.74, 6) is 1.31. The van der Waals surface area contributed by atoms with Crippen LogP contribution in [0.5, 0.6) is 0 Å². The summed E-state index contributed by atoms with van der Waals surface area (Å²) in [5, 5.41) is 0. The molecular formula is C14H32O2Si. The molecule has 3 heteroatoms. The SMILES string of the molecule is CCCC(C)CO[Si](C)(C)OCC(C)CCC. The maximum Gasteiger partial charge on any atom is 0.331 e. The maximum atomic E-state index is 5.99. The Morgan fingerprint density at radius 3 is 1.47 bits per heavy atom. The molecule has 0 bridgehead atoms. The average Bonchev–Trinajstić information content (AvgIpc) is 2.25. The van der Waals surface area contributed by atoms with Crippen LogP contribution in [0.15, 0.2) is 0 Å². The van der Waals surface area contributed by atoms with Crippen LogP contribution in [0.1, 0.15) is 53.4 Å². The van der Waals surface area contributed by atoms with Gasteiger partial charge in [-0.05, 0) is 37.8 Å². The van der Waals surface area contributed by atoms with E-state index in [2.05, 4.69) is 40.8 Å². The number of hydrogen-bond donors (Lipinski definition) is 0. The van der Waals surface area contributed by atoms with E-state index in [0.717, 1.165) is 13.2 Å². The zero-order valence-electron chi connectivity index (χ0n) is 12.7. The summed E-state index contributed by atoms with van der Waals surface area (Å²) in [6, 6.07) is 0. The van der Waals surface area contributed by atoms with E-state index < -0.39 is 8.56 Å². The summed E-state index contributed by atoms with van der Waals surface area (Å²) in [4.78, 5) is 0. The van der Waals surface area contributed by atoms with Gasteiger partial charge in [-0.1, -0.05) is 40.5 Å². The molecule has 0 rings (SSSR count). The monoisotopic (exact) mass is 260 g/mol. The molecule has 0 saturated carbocycles.